The van der Waals surface area contributed by atoms with Crippen molar-refractivity contribution in [3.05, 3.63) is 45.2 Å². The average Bonchev–Trinajstić information content (AvgIpc) is 2.74. The van der Waals surface area contributed by atoms with Crippen molar-refractivity contribution in [1.82, 2.24) is 14.5 Å². The van der Waals surface area contributed by atoms with Crippen molar-refractivity contribution in [3.8, 4) is 0 Å². The number of hydrogen-bond donors (Lipinski definition) is 1. The van der Waals surface area contributed by atoms with Crippen molar-refractivity contribution >= 4 is 81.1 Å². The van der Waals surface area contributed by atoms with E-state index in [0.717, 1.165) is 37.1 Å². The van der Waals surface area contributed by atoms with Crippen LogP contribution in [0.2, 0.25) is 5.02 Å². The third-order valence-corrected chi connectivity index (χ3v) is 3.83. The number of halogens is 1. The molecule has 0 unspecified atom stereocenters. The van der Waals surface area contributed by atoms with E-state index in [0.29, 0.717) is 15.5 Å². The molecule has 0 aliphatic heterocycles. The summed E-state index contributed by atoms with van der Waals surface area (Å²) in [6.07, 6.45) is 5.52. The van der Waals surface area contributed by atoms with Crippen molar-refractivity contribution < 1.29 is 4.79 Å². The number of fused-ring (bicyclic) bond motifs is 1. The maximum Gasteiger partial charge on any atom is 0.283 e. The van der Waals surface area contributed by atoms with Gasteiger partial charge in [0.05, 0.1) is 5.02 Å². The molecular weight excluding hydrogens is 321 g/mol. The van der Waals surface area contributed by atoms with Gasteiger partial charge in [-0.2, -0.15) is 0 Å². The van der Waals surface area contributed by atoms with Gasteiger partial charge in [0, 0.05) is 69.0 Å². The minimum atomic E-state index is -0.193. The minimum absolute atomic E-state index is 0. The zero-order valence-corrected chi connectivity index (χ0v) is 15.8. The van der Waals surface area contributed by atoms with Crippen molar-refractivity contribution in [2.75, 3.05) is 0 Å². The molecule has 0 fully saturated rings. The molecule has 2 aromatic rings. The fraction of sp³-hybridized carbons (Fsp3) is 0.308. The molecule has 0 amide bonds. The van der Waals surface area contributed by atoms with Gasteiger partial charge in [0.2, 0.25) is 0 Å². The van der Waals surface area contributed by atoms with Crippen molar-refractivity contribution in [1.29, 1.82) is 0 Å². The number of pyridine rings is 1. The number of aromatic nitrogens is 3. The molecule has 1 radical (unpaired) electrons. The van der Waals surface area contributed by atoms with E-state index >= 15 is 0 Å². The van der Waals surface area contributed by atoms with Crippen LogP contribution in [0.5, 0.6) is 0 Å². The summed E-state index contributed by atoms with van der Waals surface area (Å²) in [5.74, 6) is -0.193. The van der Waals surface area contributed by atoms with Crippen molar-refractivity contribution in [2.24, 2.45) is 0 Å². The van der Waals surface area contributed by atoms with Gasteiger partial charge in [0.15, 0.2) is 4.77 Å². The molecule has 0 saturated carbocycles. The van der Waals surface area contributed by atoms with Crippen LogP contribution in [0, 0.1) is 4.77 Å². The molecule has 0 saturated heterocycles. The predicted octanol–water partition coefficient (Wildman–Crippen LogP) is 2.78. The van der Waals surface area contributed by atoms with E-state index in [-0.39, 0.29) is 57.3 Å². The Morgan fingerprint density at radius 2 is 2.10 bits per heavy atom. The Morgan fingerprint density at radius 1 is 1.35 bits per heavy atom. The van der Waals surface area contributed by atoms with Gasteiger partial charge in [-0.25, -0.2) is 4.98 Å². The Bertz CT molecular complexity index is 693. The zero-order chi connectivity index (χ0) is 13.4. The first-order chi connectivity index (χ1) is 9.16. The van der Waals surface area contributed by atoms with Crippen LogP contribution in [0.4, 0.5) is 0 Å². The number of imidazole rings is 1. The molecule has 2 heterocycles. The van der Waals surface area contributed by atoms with Gasteiger partial charge < -0.3 is 4.98 Å². The van der Waals surface area contributed by atoms with Crippen LogP contribution in [-0.4, -0.2) is 71.8 Å². The number of rotatable bonds is 1. The first-order valence-electron chi connectivity index (χ1n) is 6.16. The molecule has 4 nitrogen and oxygen atoms in total. The molecule has 1 N–H and O–H groups in total. The van der Waals surface area contributed by atoms with Crippen LogP contribution in [-0.2, 0) is 12.8 Å². The van der Waals surface area contributed by atoms with Crippen LogP contribution in [0.3, 0.4) is 0 Å². The second-order valence-electron chi connectivity index (χ2n) is 4.56. The van der Waals surface area contributed by atoms with Crippen LogP contribution in [0.1, 0.15) is 34.7 Å². The monoisotopic (exact) mass is 332 g/mol. The van der Waals surface area contributed by atoms with E-state index in [1.807, 2.05) is 0 Å². The van der Waals surface area contributed by atoms with E-state index in [2.05, 4.69) is 9.97 Å². The van der Waals surface area contributed by atoms with Gasteiger partial charge in [0.1, 0.15) is 5.69 Å². The van der Waals surface area contributed by atoms with Crippen molar-refractivity contribution in [3.63, 3.8) is 0 Å². The van der Waals surface area contributed by atoms with Gasteiger partial charge in [-0.1, -0.05) is 11.6 Å². The number of H-pyrrole nitrogens is 1. The Morgan fingerprint density at radius 3 is 2.80 bits per heavy atom. The van der Waals surface area contributed by atoms with Crippen LogP contribution < -0.4 is 0 Å². The third-order valence-electron chi connectivity index (χ3n) is 3.32. The van der Waals surface area contributed by atoms with Crippen molar-refractivity contribution in [2.45, 2.75) is 25.7 Å². The molecule has 1 aliphatic rings. The van der Waals surface area contributed by atoms with E-state index in [4.69, 9.17) is 23.8 Å². The Labute approximate surface area is 169 Å². The SMILES string of the molecule is O=C(c1ccc(Cl)cn1)n1c2c([nH]c1=S)CCCC2.[K]. The first-order valence-corrected chi connectivity index (χ1v) is 6.94. The van der Waals surface area contributed by atoms with Gasteiger partial charge in [-0.15, -0.1) is 0 Å². The summed E-state index contributed by atoms with van der Waals surface area (Å²) in [5.41, 5.74) is 2.43. The standard InChI is InChI=1S/C13H12ClN3OS.K/c14-8-5-6-10(15-7-8)12(18)17-11-4-2-1-3-9(11)16-13(17)19;/h5-7H,1-4H2,(H,16,19);. The number of hydrogen-bond acceptors (Lipinski definition) is 3. The molecular formula is C13H12ClKN3OS. The topological polar surface area (TPSA) is 50.7 Å². The summed E-state index contributed by atoms with van der Waals surface area (Å²) in [6, 6.07) is 3.28. The molecule has 7 heteroatoms. The van der Waals surface area contributed by atoms with E-state index in [9.17, 15) is 4.79 Å². The number of nitrogens with one attached hydrogen (secondary N) is 1. The quantitative estimate of drug-likeness (QED) is 0.645. The third kappa shape index (κ3) is 3.16. The van der Waals surface area contributed by atoms with Crippen LogP contribution in [0.15, 0.2) is 18.3 Å². The van der Waals surface area contributed by atoms with Gasteiger partial charge in [-0.05, 0) is 50.0 Å². The number of aromatic amines is 1. The molecule has 0 atom stereocenters. The molecule has 0 aromatic carbocycles. The van der Waals surface area contributed by atoms with E-state index in [1.165, 1.54) is 6.20 Å². The van der Waals surface area contributed by atoms with Gasteiger partial charge in [0.25, 0.3) is 5.91 Å². The number of aryl methyl sites for hydroxylation is 1. The number of carbonyl (C=O) groups excluding carboxylic acids is 1. The second-order valence-corrected chi connectivity index (χ2v) is 5.39. The molecule has 1 aliphatic carbocycles. The summed E-state index contributed by atoms with van der Waals surface area (Å²) in [5, 5.41) is 0.510. The first kappa shape index (κ1) is 16.5. The molecule has 20 heavy (non-hydrogen) atoms. The Hall–Kier alpha value is 0.176. The molecule has 3 rings (SSSR count). The molecule has 2 aromatic heterocycles. The Balaban J connectivity index is 0.00000147. The Kier molecular flexibility index (Phi) is 5.76. The molecule has 0 bridgehead atoms. The summed E-state index contributed by atoms with van der Waals surface area (Å²) < 4.78 is 2.02. The van der Waals surface area contributed by atoms with Gasteiger partial charge >= 0.3 is 0 Å². The fourth-order valence-electron chi connectivity index (χ4n) is 2.41. The summed E-state index contributed by atoms with van der Waals surface area (Å²) in [6.45, 7) is 0. The molecule has 0 spiro atoms. The summed E-state index contributed by atoms with van der Waals surface area (Å²) in [7, 11) is 0. The van der Waals surface area contributed by atoms with Gasteiger partial charge in [-0.3, -0.25) is 9.36 Å². The largest absolute Gasteiger partial charge is 0.334 e. The van der Waals surface area contributed by atoms with E-state index in [1.54, 1.807) is 16.7 Å². The minimum Gasteiger partial charge on any atom is -0.334 e. The smallest absolute Gasteiger partial charge is 0.283 e. The maximum atomic E-state index is 12.5. The summed E-state index contributed by atoms with van der Waals surface area (Å²) in [4.78, 5) is 19.7. The van der Waals surface area contributed by atoms with E-state index < -0.39 is 0 Å². The second kappa shape index (κ2) is 6.96. The normalized spacial score (nSPS) is 13.4. The maximum absolute atomic E-state index is 12.5. The predicted molar refractivity (Wildman–Crippen MR) is 81.0 cm³/mol. The average molecular weight is 333 g/mol. The van der Waals surface area contributed by atoms with Crippen LogP contribution in [0.25, 0.3) is 0 Å². The summed E-state index contributed by atoms with van der Waals surface area (Å²) >= 11 is 11.0. The zero-order valence-electron chi connectivity index (χ0n) is 11.1. The molecule has 99 valence electrons. The fourth-order valence-corrected chi connectivity index (χ4v) is 2.84. The number of nitrogens with zero attached hydrogens (tertiary/aromatic N) is 2. The van der Waals surface area contributed by atoms with Crippen LogP contribution >= 0.6 is 23.8 Å². The number of carbonyl (C=O) groups is 1.